The molecule has 0 unspecified atom stereocenters. The van der Waals surface area contributed by atoms with E-state index in [0.29, 0.717) is 41.5 Å². The Morgan fingerprint density at radius 1 is 1.07 bits per heavy atom. The van der Waals surface area contributed by atoms with Crippen molar-refractivity contribution in [3.8, 4) is 11.4 Å². The molecule has 0 saturated heterocycles. The molecular formula is C17H17FN6O3. The molecule has 0 fully saturated rings. The molecule has 0 aliphatic rings. The van der Waals surface area contributed by atoms with E-state index in [1.165, 1.54) is 23.7 Å². The summed E-state index contributed by atoms with van der Waals surface area (Å²) >= 11 is 0. The zero-order chi connectivity index (χ0) is 19.3. The number of fused-ring (bicyclic) bond motifs is 3. The highest BCUT2D eigenvalue weighted by Gasteiger charge is 2.23. The molecule has 0 N–H and O–H groups in total. The molecule has 10 heteroatoms. The summed E-state index contributed by atoms with van der Waals surface area (Å²) in [6, 6.07) is 5.78. The first-order valence-electron chi connectivity index (χ1n) is 8.24. The highest BCUT2D eigenvalue weighted by molar-refractivity contribution is 5.79. The van der Waals surface area contributed by atoms with Crippen molar-refractivity contribution in [2.45, 2.75) is 6.54 Å². The molecule has 0 aliphatic carbocycles. The summed E-state index contributed by atoms with van der Waals surface area (Å²) in [7, 11) is 4.57. The zero-order valence-electron chi connectivity index (χ0n) is 15.0. The summed E-state index contributed by atoms with van der Waals surface area (Å²) in [5.41, 5.74) is 0.420. The molecule has 3 aromatic heterocycles. The van der Waals surface area contributed by atoms with Crippen LogP contribution in [0.1, 0.15) is 0 Å². The summed E-state index contributed by atoms with van der Waals surface area (Å²) in [6.07, 6.45) is 0. The van der Waals surface area contributed by atoms with Crippen LogP contribution in [0.15, 0.2) is 33.9 Å². The van der Waals surface area contributed by atoms with Crippen LogP contribution in [0, 0.1) is 5.82 Å². The largest absolute Gasteiger partial charge is 0.383 e. The first-order chi connectivity index (χ1) is 13.0. The van der Waals surface area contributed by atoms with Gasteiger partial charge in [0.1, 0.15) is 5.82 Å². The Labute approximate surface area is 151 Å². The van der Waals surface area contributed by atoms with Crippen LogP contribution < -0.4 is 11.2 Å². The average molecular weight is 372 g/mol. The fourth-order valence-corrected chi connectivity index (χ4v) is 3.23. The molecule has 0 atom stereocenters. The fraction of sp³-hybridized carbons (Fsp3) is 0.294. The van der Waals surface area contributed by atoms with E-state index in [0.717, 1.165) is 4.57 Å². The van der Waals surface area contributed by atoms with E-state index < -0.39 is 11.2 Å². The van der Waals surface area contributed by atoms with Gasteiger partial charge in [-0.05, 0) is 24.3 Å². The van der Waals surface area contributed by atoms with Crippen LogP contribution in [0.5, 0.6) is 0 Å². The molecule has 0 spiro atoms. The minimum Gasteiger partial charge on any atom is -0.383 e. The third-order valence-electron chi connectivity index (χ3n) is 4.60. The van der Waals surface area contributed by atoms with E-state index in [1.807, 2.05) is 0 Å². The fourth-order valence-electron chi connectivity index (χ4n) is 3.23. The molecule has 0 aliphatic heterocycles. The zero-order valence-corrected chi connectivity index (χ0v) is 15.0. The number of hydrogen-bond acceptors (Lipinski definition) is 5. The average Bonchev–Trinajstić information content (AvgIpc) is 3.22. The minimum atomic E-state index is -0.461. The Bertz CT molecular complexity index is 1280. The Balaban J connectivity index is 2.18. The summed E-state index contributed by atoms with van der Waals surface area (Å²) in [6.45, 7) is 0.711. The lowest BCUT2D eigenvalue weighted by atomic mass is 10.2. The number of imidazole rings is 1. The Morgan fingerprint density at radius 2 is 1.78 bits per heavy atom. The second-order valence-corrected chi connectivity index (χ2v) is 6.19. The number of rotatable bonds is 4. The van der Waals surface area contributed by atoms with Gasteiger partial charge in [0.15, 0.2) is 17.0 Å². The number of benzene rings is 1. The van der Waals surface area contributed by atoms with E-state index in [1.54, 1.807) is 35.3 Å². The first-order valence-corrected chi connectivity index (χ1v) is 8.24. The van der Waals surface area contributed by atoms with Crippen molar-refractivity contribution < 1.29 is 9.13 Å². The molecule has 3 heterocycles. The lowest BCUT2D eigenvalue weighted by molar-refractivity contribution is 0.189. The topological polar surface area (TPSA) is 88.3 Å². The molecule has 0 bridgehead atoms. The van der Waals surface area contributed by atoms with Gasteiger partial charge in [0.25, 0.3) is 5.56 Å². The Morgan fingerprint density at radius 3 is 2.44 bits per heavy atom. The summed E-state index contributed by atoms with van der Waals surface area (Å²) in [5, 5.41) is 8.41. The van der Waals surface area contributed by atoms with Crippen LogP contribution in [0.3, 0.4) is 0 Å². The Kier molecular flexibility index (Phi) is 3.92. The minimum absolute atomic E-state index is 0.324. The molecule has 0 radical (unpaired) electrons. The third kappa shape index (κ3) is 2.40. The number of nitrogens with zero attached hydrogens (tertiary/aromatic N) is 6. The molecule has 1 aromatic carbocycles. The third-order valence-corrected chi connectivity index (χ3v) is 4.60. The van der Waals surface area contributed by atoms with Gasteiger partial charge in [0.2, 0.25) is 5.78 Å². The van der Waals surface area contributed by atoms with Crippen LogP contribution in [-0.4, -0.2) is 42.0 Å². The monoisotopic (exact) mass is 372 g/mol. The summed E-state index contributed by atoms with van der Waals surface area (Å²) in [4.78, 5) is 25.3. The van der Waals surface area contributed by atoms with Crippen molar-refractivity contribution in [3.63, 3.8) is 0 Å². The second-order valence-electron chi connectivity index (χ2n) is 6.19. The van der Waals surface area contributed by atoms with Crippen molar-refractivity contribution in [1.29, 1.82) is 0 Å². The van der Waals surface area contributed by atoms with Gasteiger partial charge in [0.05, 0.1) is 6.61 Å². The molecule has 4 rings (SSSR count). The first kappa shape index (κ1) is 17.2. The van der Waals surface area contributed by atoms with Crippen LogP contribution in [0.2, 0.25) is 0 Å². The van der Waals surface area contributed by atoms with E-state index in [9.17, 15) is 14.0 Å². The smallest absolute Gasteiger partial charge is 0.332 e. The normalized spacial score (nSPS) is 11.7. The maximum absolute atomic E-state index is 13.3. The van der Waals surface area contributed by atoms with Gasteiger partial charge in [-0.15, -0.1) is 10.2 Å². The van der Waals surface area contributed by atoms with Gasteiger partial charge < -0.3 is 9.30 Å². The maximum atomic E-state index is 13.3. The van der Waals surface area contributed by atoms with Gasteiger partial charge in [-0.1, -0.05) is 0 Å². The van der Waals surface area contributed by atoms with Gasteiger partial charge in [-0.3, -0.25) is 13.9 Å². The molecule has 0 saturated carbocycles. The van der Waals surface area contributed by atoms with Crippen molar-refractivity contribution in [1.82, 2.24) is 28.3 Å². The summed E-state index contributed by atoms with van der Waals surface area (Å²) in [5.74, 6) is 0.442. The number of aromatic nitrogens is 6. The lowest BCUT2D eigenvalue weighted by Crippen LogP contribution is -2.38. The predicted molar refractivity (Wildman–Crippen MR) is 96.2 cm³/mol. The highest BCUT2D eigenvalue weighted by Crippen LogP contribution is 2.24. The van der Waals surface area contributed by atoms with E-state index in [2.05, 4.69) is 10.2 Å². The molecule has 140 valence electrons. The molecular weight excluding hydrogens is 355 g/mol. The molecule has 27 heavy (non-hydrogen) atoms. The van der Waals surface area contributed by atoms with Crippen molar-refractivity contribution in [2.75, 3.05) is 13.7 Å². The van der Waals surface area contributed by atoms with Crippen molar-refractivity contribution in [3.05, 3.63) is 50.9 Å². The predicted octanol–water partition coefficient (Wildman–Crippen LogP) is 0.534. The van der Waals surface area contributed by atoms with Crippen LogP contribution in [0.25, 0.3) is 28.3 Å². The summed E-state index contributed by atoms with van der Waals surface area (Å²) < 4.78 is 24.2. The molecule has 9 nitrogen and oxygen atoms in total. The van der Waals surface area contributed by atoms with Crippen molar-refractivity contribution >= 4 is 16.9 Å². The number of methoxy groups -OCH3 is 1. The van der Waals surface area contributed by atoms with E-state index in [-0.39, 0.29) is 5.82 Å². The van der Waals surface area contributed by atoms with Crippen LogP contribution in [0.4, 0.5) is 4.39 Å². The van der Waals surface area contributed by atoms with Gasteiger partial charge >= 0.3 is 5.69 Å². The number of aryl methyl sites for hydroxylation is 1. The van der Waals surface area contributed by atoms with Crippen LogP contribution in [-0.2, 0) is 25.4 Å². The van der Waals surface area contributed by atoms with Gasteiger partial charge in [0, 0.05) is 33.3 Å². The van der Waals surface area contributed by atoms with Gasteiger partial charge in [-0.2, -0.15) is 0 Å². The number of ether oxygens (including phenoxy) is 1. The molecule has 4 aromatic rings. The molecule has 0 amide bonds. The van der Waals surface area contributed by atoms with Gasteiger partial charge in [-0.25, -0.2) is 13.6 Å². The quantitative estimate of drug-likeness (QED) is 0.522. The second kappa shape index (κ2) is 6.16. The Hall–Kier alpha value is -3.27. The van der Waals surface area contributed by atoms with Crippen LogP contribution >= 0.6 is 0 Å². The standard InChI is InChI=1S/C17H17FN6O3/c1-21-14-12(15(25)22(2)17(21)26)23(8-9-27-3)16-20-19-13(24(14)16)10-4-6-11(18)7-5-10/h4-7H,8-9H2,1-3H3. The number of hydrogen-bond donors (Lipinski definition) is 0. The van der Waals surface area contributed by atoms with E-state index >= 15 is 0 Å². The highest BCUT2D eigenvalue weighted by atomic mass is 19.1. The SMILES string of the molecule is COCCn1c2c(=O)n(C)c(=O)n(C)c2n2c(-c3ccc(F)cc3)nnc12. The lowest BCUT2D eigenvalue weighted by Gasteiger charge is -2.07. The van der Waals surface area contributed by atoms with Crippen molar-refractivity contribution in [2.24, 2.45) is 14.1 Å². The maximum Gasteiger partial charge on any atom is 0.332 e. The number of halogens is 1. The van der Waals surface area contributed by atoms with E-state index in [4.69, 9.17) is 4.74 Å².